The number of benzene rings is 1. The standard InChI is InChI=1S/C11H12BrNO3/c1-15-11(14)10(13-16-2)9-5-3-8(7-12)4-6-9/h3-6H,7H2,1-2H3/b13-10-. The fraction of sp³-hybridized carbons (Fsp3) is 0.273. The molecule has 0 aliphatic rings. The van der Waals surface area contributed by atoms with Gasteiger partial charge >= 0.3 is 5.97 Å². The van der Waals surface area contributed by atoms with Crippen molar-refractivity contribution in [2.45, 2.75) is 5.33 Å². The van der Waals surface area contributed by atoms with Gasteiger partial charge in [-0.25, -0.2) is 4.79 Å². The number of hydrogen-bond donors (Lipinski definition) is 0. The molecule has 0 aliphatic heterocycles. The number of hydrogen-bond acceptors (Lipinski definition) is 4. The molecule has 16 heavy (non-hydrogen) atoms. The van der Waals surface area contributed by atoms with Crippen molar-refractivity contribution in [1.82, 2.24) is 0 Å². The van der Waals surface area contributed by atoms with Crippen LogP contribution in [0, 0.1) is 0 Å². The van der Waals surface area contributed by atoms with Crippen LogP contribution in [-0.2, 0) is 19.7 Å². The molecular formula is C11H12BrNO3. The average Bonchev–Trinajstić information content (AvgIpc) is 2.35. The van der Waals surface area contributed by atoms with Gasteiger partial charge in [-0.05, 0) is 5.56 Å². The molecule has 1 aromatic rings. The number of alkyl halides is 1. The third-order valence-corrected chi connectivity index (χ3v) is 2.59. The summed E-state index contributed by atoms with van der Waals surface area (Å²) in [6.45, 7) is 0. The molecule has 0 N–H and O–H groups in total. The Bertz CT molecular complexity index is 387. The van der Waals surface area contributed by atoms with Crippen LogP contribution in [0.15, 0.2) is 29.4 Å². The van der Waals surface area contributed by atoms with Gasteiger partial charge in [0.15, 0.2) is 5.71 Å². The van der Waals surface area contributed by atoms with Crippen LogP contribution in [0.4, 0.5) is 0 Å². The van der Waals surface area contributed by atoms with Crippen molar-refractivity contribution < 1.29 is 14.4 Å². The van der Waals surface area contributed by atoms with E-state index in [9.17, 15) is 4.79 Å². The number of esters is 1. The van der Waals surface area contributed by atoms with Crippen molar-refractivity contribution in [2.75, 3.05) is 14.2 Å². The maximum atomic E-state index is 11.4. The van der Waals surface area contributed by atoms with E-state index in [2.05, 4.69) is 30.7 Å². The number of carbonyl (C=O) groups excluding carboxylic acids is 1. The minimum atomic E-state index is -0.520. The van der Waals surface area contributed by atoms with Crippen LogP contribution < -0.4 is 0 Å². The molecule has 0 amide bonds. The first-order valence-corrected chi connectivity index (χ1v) is 5.69. The Morgan fingerprint density at radius 1 is 1.31 bits per heavy atom. The minimum absolute atomic E-state index is 0.158. The van der Waals surface area contributed by atoms with Crippen LogP contribution in [0.3, 0.4) is 0 Å². The predicted molar refractivity (Wildman–Crippen MR) is 64.6 cm³/mol. The van der Waals surface area contributed by atoms with Gasteiger partial charge in [-0.3, -0.25) is 0 Å². The molecule has 0 saturated carbocycles. The molecule has 0 radical (unpaired) electrons. The maximum absolute atomic E-state index is 11.4. The molecule has 0 spiro atoms. The first-order valence-electron chi connectivity index (χ1n) is 4.57. The summed E-state index contributed by atoms with van der Waals surface area (Å²) >= 11 is 3.35. The number of nitrogens with zero attached hydrogens (tertiary/aromatic N) is 1. The van der Waals surface area contributed by atoms with Crippen molar-refractivity contribution in [3.05, 3.63) is 35.4 Å². The van der Waals surface area contributed by atoms with Gasteiger partial charge < -0.3 is 9.57 Å². The van der Waals surface area contributed by atoms with E-state index in [1.165, 1.54) is 14.2 Å². The lowest BCUT2D eigenvalue weighted by Gasteiger charge is -2.04. The molecule has 4 nitrogen and oxygen atoms in total. The van der Waals surface area contributed by atoms with Crippen LogP contribution in [0.25, 0.3) is 0 Å². The number of methoxy groups -OCH3 is 1. The lowest BCUT2D eigenvalue weighted by molar-refractivity contribution is -0.132. The first-order chi connectivity index (χ1) is 7.72. The van der Waals surface area contributed by atoms with Crippen molar-refractivity contribution in [3.8, 4) is 0 Å². The highest BCUT2D eigenvalue weighted by molar-refractivity contribution is 9.08. The fourth-order valence-electron chi connectivity index (χ4n) is 1.15. The number of ether oxygens (including phenoxy) is 1. The average molecular weight is 286 g/mol. The first kappa shape index (κ1) is 12.7. The van der Waals surface area contributed by atoms with Gasteiger partial charge in [-0.15, -0.1) is 0 Å². The largest absolute Gasteiger partial charge is 0.464 e. The molecule has 0 aliphatic carbocycles. The van der Waals surface area contributed by atoms with Gasteiger partial charge in [0.2, 0.25) is 0 Å². The van der Waals surface area contributed by atoms with E-state index in [0.29, 0.717) is 5.56 Å². The zero-order valence-corrected chi connectivity index (χ0v) is 10.7. The third kappa shape index (κ3) is 3.06. The lowest BCUT2D eigenvalue weighted by Crippen LogP contribution is -2.17. The summed E-state index contributed by atoms with van der Waals surface area (Å²) in [4.78, 5) is 16.0. The summed E-state index contributed by atoms with van der Waals surface area (Å²) < 4.78 is 4.62. The van der Waals surface area contributed by atoms with Gasteiger partial charge in [0.05, 0.1) is 7.11 Å². The Labute approximate surface area is 102 Å². The summed E-state index contributed by atoms with van der Waals surface area (Å²) in [7, 11) is 2.69. The number of oxime groups is 1. The van der Waals surface area contributed by atoms with Crippen LogP contribution in [-0.4, -0.2) is 25.9 Å². The Balaban J connectivity index is 3.02. The molecule has 86 valence electrons. The summed E-state index contributed by atoms with van der Waals surface area (Å²) in [5.41, 5.74) is 1.94. The van der Waals surface area contributed by atoms with E-state index in [-0.39, 0.29) is 5.71 Å². The van der Waals surface area contributed by atoms with E-state index < -0.39 is 5.97 Å². The zero-order valence-electron chi connectivity index (χ0n) is 9.07. The fourth-order valence-corrected chi connectivity index (χ4v) is 1.52. The SMILES string of the molecule is CO/N=C(\C(=O)OC)c1ccc(CBr)cc1. The van der Waals surface area contributed by atoms with E-state index in [1.807, 2.05) is 12.1 Å². The Hall–Kier alpha value is -1.36. The highest BCUT2D eigenvalue weighted by Crippen LogP contribution is 2.09. The quantitative estimate of drug-likeness (QED) is 0.368. The smallest absolute Gasteiger partial charge is 0.360 e. The van der Waals surface area contributed by atoms with Crippen LogP contribution in [0.5, 0.6) is 0 Å². The van der Waals surface area contributed by atoms with Crippen molar-refractivity contribution in [1.29, 1.82) is 0 Å². The Morgan fingerprint density at radius 3 is 2.38 bits per heavy atom. The molecule has 1 rings (SSSR count). The second-order valence-electron chi connectivity index (χ2n) is 2.94. The third-order valence-electron chi connectivity index (χ3n) is 1.94. The van der Waals surface area contributed by atoms with Gasteiger partial charge in [0.25, 0.3) is 0 Å². The van der Waals surface area contributed by atoms with E-state index >= 15 is 0 Å². The molecule has 0 bridgehead atoms. The van der Waals surface area contributed by atoms with Gasteiger partial charge in [0.1, 0.15) is 7.11 Å². The second kappa shape index (κ2) is 6.27. The van der Waals surface area contributed by atoms with Crippen molar-refractivity contribution in [3.63, 3.8) is 0 Å². The van der Waals surface area contributed by atoms with Crippen molar-refractivity contribution in [2.24, 2.45) is 5.16 Å². The highest BCUT2D eigenvalue weighted by atomic mass is 79.9. The molecule has 0 saturated heterocycles. The number of carbonyl (C=O) groups is 1. The molecule has 0 fully saturated rings. The maximum Gasteiger partial charge on any atom is 0.360 e. The monoisotopic (exact) mass is 285 g/mol. The Kier molecular flexibility index (Phi) is 4.98. The molecule has 0 heterocycles. The van der Waals surface area contributed by atoms with Gasteiger partial charge in [-0.2, -0.15) is 0 Å². The zero-order chi connectivity index (χ0) is 12.0. The second-order valence-corrected chi connectivity index (χ2v) is 3.51. The van der Waals surface area contributed by atoms with E-state index in [4.69, 9.17) is 0 Å². The van der Waals surface area contributed by atoms with Gasteiger partial charge in [0, 0.05) is 10.9 Å². The normalized spacial score (nSPS) is 11.1. The van der Waals surface area contributed by atoms with E-state index in [1.54, 1.807) is 12.1 Å². The molecule has 5 heteroatoms. The van der Waals surface area contributed by atoms with Crippen molar-refractivity contribution >= 4 is 27.6 Å². The summed E-state index contributed by atoms with van der Waals surface area (Å²) in [5, 5.41) is 4.42. The molecule has 0 unspecified atom stereocenters. The van der Waals surface area contributed by atoms with E-state index in [0.717, 1.165) is 10.9 Å². The number of halogens is 1. The predicted octanol–water partition coefficient (Wildman–Crippen LogP) is 2.11. The Morgan fingerprint density at radius 2 is 1.94 bits per heavy atom. The summed E-state index contributed by atoms with van der Waals surface area (Å²) in [6.07, 6.45) is 0. The summed E-state index contributed by atoms with van der Waals surface area (Å²) in [6, 6.07) is 7.40. The van der Waals surface area contributed by atoms with Crippen LogP contribution in [0.2, 0.25) is 0 Å². The lowest BCUT2D eigenvalue weighted by atomic mass is 10.1. The minimum Gasteiger partial charge on any atom is -0.464 e. The molecule has 1 aromatic carbocycles. The molecule has 0 atom stereocenters. The summed E-state index contributed by atoms with van der Waals surface area (Å²) in [5.74, 6) is -0.520. The number of rotatable bonds is 4. The highest BCUT2D eigenvalue weighted by Gasteiger charge is 2.15. The van der Waals surface area contributed by atoms with Crippen LogP contribution >= 0.6 is 15.9 Å². The molecule has 0 aromatic heterocycles. The van der Waals surface area contributed by atoms with Crippen LogP contribution in [0.1, 0.15) is 11.1 Å². The van der Waals surface area contributed by atoms with Gasteiger partial charge in [-0.1, -0.05) is 45.4 Å². The topological polar surface area (TPSA) is 47.9 Å². The molecular weight excluding hydrogens is 274 g/mol.